The van der Waals surface area contributed by atoms with Gasteiger partial charge in [0, 0.05) is 18.3 Å². The molecule has 2 heterocycles. The van der Waals surface area contributed by atoms with Crippen LogP contribution in [0.4, 0.5) is 0 Å². The molecule has 20 heavy (non-hydrogen) atoms. The monoisotopic (exact) mass is 270 g/mol. The third-order valence-electron chi connectivity index (χ3n) is 3.99. The maximum Gasteiger partial charge on any atom is 0.314 e. The van der Waals surface area contributed by atoms with Crippen molar-refractivity contribution < 1.29 is 9.53 Å². The molecule has 1 aromatic carbocycles. The summed E-state index contributed by atoms with van der Waals surface area (Å²) in [5.74, 6) is 0.605. The Balaban J connectivity index is 2.07. The van der Waals surface area contributed by atoms with Crippen LogP contribution in [-0.4, -0.2) is 22.6 Å². The van der Waals surface area contributed by atoms with Gasteiger partial charge in [0.05, 0.1) is 18.7 Å². The molecular weight excluding hydrogens is 252 g/mol. The van der Waals surface area contributed by atoms with Gasteiger partial charge in [-0.3, -0.25) is 4.79 Å². The molecule has 1 atom stereocenters. The van der Waals surface area contributed by atoms with E-state index in [0.717, 1.165) is 36.5 Å². The lowest BCUT2D eigenvalue weighted by molar-refractivity contribution is -0.143. The lowest BCUT2D eigenvalue weighted by Crippen LogP contribution is -2.23. The van der Waals surface area contributed by atoms with Crippen molar-refractivity contribution in [3.63, 3.8) is 0 Å². The Morgan fingerprint density at radius 1 is 1.40 bits per heavy atom. The second-order valence-electron chi connectivity index (χ2n) is 5.19. The SMILES string of the molecule is COC(=O)C1CCCn2c1cnc2-c1ccccc1C. The highest BCUT2D eigenvalue weighted by Crippen LogP contribution is 2.33. The minimum Gasteiger partial charge on any atom is -0.469 e. The number of benzene rings is 1. The zero-order valence-corrected chi connectivity index (χ0v) is 11.8. The van der Waals surface area contributed by atoms with Crippen molar-refractivity contribution in [2.45, 2.75) is 32.2 Å². The normalized spacial score (nSPS) is 17.6. The molecule has 1 aromatic heterocycles. The largest absolute Gasteiger partial charge is 0.469 e. The lowest BCUT2D eigenvalue weighted by Gasteiger charge is -2.23. The van der Waals surface area contributed by atoms with E-state index in [4.69, 9.17) is 4.74 Å². The molecule has 3 rings (SSSR count). The van der Waals surface area contributed by atoms with E-state index in [1.54, 1.807) is 0 Å². The van der Waals surface area contributed by atoms with Gasteiger partial charge in [-0.1, -0.05) is 24.3 Å². The second kappa shape index (κ2) is 5.12. The summed E-state index contributed by atoms with van der Waals surface area (Å²) in [7, 11) is 1.44. The van der Waals surface area contributed by atoms with Gasteiger partial charge in [0.25, 0.3) is 0 Å². The van der Waals surface area contributed by atoms with Gasteiger partial charge in [-0.05, 0) is 25.3 Å². The van der Waals surface area contributed by atoms with Crippen molar-refractivity contribution in [1.29, 1.82) is 0 Å². The summed E-state index contributed by atoms with van der Waals surface area (Å²) < 4.78 is 7.07. The van der Waals surface area contributed by atoms with Gasteiger partial charge in [-0.2, -0.15) is 0 Å². The molecule has 0 aliphatic carbocycles. The van der Waals surface area contributed by atoms with Gasteiger partial charge >= 0.3 is 5.97 Å². The number of imidazole rings is 1. The van der Waals surface area contributed by atoms with Crippen LogP contribution in [0.25, 0.3) is 11.4 Å². The van der Waals surface area contributed by atoms with Gasteiger partial charge in [0.1, 0.15) is 5.82 Å². The van der Waals surface area contributed by atoms with Crippen molar-refractivity contribution in [3.05, 3.63) is 41.7 Å². The number of methoxy groups -OCH3 is 1. The van der Waals surface area contributed by atoms with E-state index in [9.17, 15) is 4.79 Å². The Morgan fingerprint density at radius 2 is 2.20 bits per heavy atom. The zero-order valence-electron chi connectivity index (χ0n) is 11.8. The van der Waals surface area contributed by atoms with Crippen molar-refractivity contribution >= 4 is 5.97 Å². The number of fused-ring (bicyclic) bond motifs is 1. The summed E-state index contributed by atoms with van der Waals surface area (Å²) in [6.07, 6.45) is 3.64. The number of esters is 1. The fourth-order valence-electron chi connectivity index (χ4n) is 2.92. The first kappa shape index (κ1) is 12.9. The highest BCUT2D eigenvalue weighted by Gasteiger charge is 2.30. The van der Waals surface area contributed by atoms with E-state index in [0.29, 0.717) is 0 Å². The Bertz CT molecular complexity index is 646. The molecule has 4 nitrogen and oxygen atoms in total. The van der Waals surface area contributed by atoms with E-state index in [-0.39, 0.29) is 11.9 Å². The molecule has 1 aliphatic rings. The molecule has 0 saturated heterocycles. The van der Waals surface area contributed by atoms with Crippen LogP contribution in [-0.2, 0) is 16.1 Å². The van der Waals surface area contributed by atoms with E-state index in [1.807, 2.05) is 18.3 Å². The fraction of sp³-hybridized carbons (Fsp3) is 0.375. The van der Waals surface area contributed by atoms with Crippen molar-refractivity contribution in [1.82, 2.24) is 9.55 Å². The maximum absolute atomic E-state index is 11.9. The Hall–Kier alpha value is -2.10. The topological polar surface area (TPSA) is 44.1 Å². The molecule has 1 unspecified atom stereocenters. The Kier molecular flexibility index (Phi) is 3.30. The van der Waals surface area contributed by atoms with Crippen LogP contribution >= 0.6 is 0 Å². The van der Waals surface area contributed by atoms with Crippen LogP contribution in [0.15, 0.2) is 30.5 Å². The average molecular weight is 270 g/mol. The lowest BCUT2D eigenvalue weighted by atomic mass is 9.96. The summed E-state index contributed by atoms with van der Waals surface area (Å²) in [6.45, 7) is 2.99. The zero-order chi connectivity index (χ0) is 14.1. The molecular formula is C16H18N2O2. The van der Waals surface area contributed by atoms with Gasteiger partial charge in [0.2, 0.25) is 0 Å². The minimum absolute atomic E-state index is 0.165. The standard InChI is InChI=1S/C16H18N2O2/c1-11-6-3-4-7-12(11)15-17-10-14-13(16(19)20-2)8-5-9-18(14)15/h3-4,6-7,10,13H,5,8-9H2,1-2H3. The van der Waals surface area contributed by atoms with Crippen LogP contribution in [0.2, 0.25) is 0 Å². The molecule has 0 saturated carbocycles. The second-order valence-corrected chi connectivity index (χ2v) is 5.19. The Labute approximate surface area is 118 Å². The number of carbonyl (C=O) groups excluding carboxylic acids is 1. The van der Waals surface area contributed by atoms with Gasteiger partial charge < -0.3 is 9.30 Å². The highest BCUT2D eigenvalue weighted by atomic mass is 16.5. The molecule has 0 fully saturated rings. The minimum atomic E-state index is -0.181. The number of aromatic nitrogens is 2. The summed E-state index contributed by atoms with van der Waals surface area (Å²) in [5, 5.41) is 0. The number of carbonyl (C=O) groups is 1. The van der Waals surface area contributed by atoms with Gasteiger partial charge in [-0.15, -0.1) is 0 Å². The van der Waals surface area contributed by atoms with E-state index in [1.165, 1.54) is 12.7 Å². The summed E-state index contributed by atoms with van der Waals surface area (Å²) in [5.41, 5.74) is 3.30. The summed E-state index contributed by atoms with van der Waals surface area (Å²) in [4.78, 5) is 16.4. The van der Waals surface area contributed by atoms with Crippen LogP contribution in [0.5, 0.6) is 0 Å². The van der Waals surface area contributed by atoms with Crippen molar-refractivity contribution in [3.8, 4) is 11.4 Å². The van der Waals surface area contributed by atoms with Crippen LogP contribution < -0.4 is 0 Å². The van der Waals surface area contributed by atoms with E-state index < -0.39 is 0 Å². The molecule has 1 aliphatic heterocycles. The number of ether oxygens (including phenoxy) is 1. The molecule has 0 radical (unpaired) electrons. The first-order valence-corrected chi connectivity index (χ1v) is 6.91. The maximum atomic E-state index is 11.9. The number of rotatable bonds is 2. The molecule has 0 amide bonds. The predicted molar refractivity (Wildman–Crippen MR) is 76.4 cm³/mol. The fourth-order valence-corrected chi connectivity index (χ4v) is 2.92. The molecule has 0 N–H and O–H groups in total. The van der Waals surface area contributed by atoms with Crippen molar-refractivity contribution in [2.24, 2.45) is 0 Å². The first-order valence-electron chi connectivity index (χ1n) is 6.91. The van der Waals surface area contributed by atoms with Crippen LogP contribution in [0, 0.1) is 6.92 Å². The molecule has 0 spiro atoms. The summed E-state index contributed by atoms with van der Waals surface area (Å²) >= 11 is 0. The average Bonchev–Trinajstić information content (AvgIpc) is 2.90. The third-order valence-corrected chi connectivity index (χ3v) is 3.99. The van der Waals surface area contributed by atoms with Gasteiger partial charge in [0.15, 0.2) is 0 Å². The van der Waals surface area contributed by atoms with E-state index >= 15 is 0 Å². The smallest absolute Gasteiger partial charge is 0.314 e. The van der Waals surface area contributed by atoms with Crippen LogP contribution in [0.1, 0.15) is 30.0 Å². The number of hydrogen-bond acceptors (Lipinski definition) is 3. The Morgan fingerprint density at radius 3 is 2.95 bits per heavy atom. The van der Waals surface area contributed by atoms with Crippen LogP contribution in [0.3, 0.4) is 0 Å². The molecule has 2 aromatic rings. The number of nitrogens with zero attached hydrogens (tertiary/aromatic N) is 2. The predicted octanol–water partition coefficient (Wildman–Crippen LogP) is 2.91. The van der Waals surface area contributed by atoms with E-state index in [2.05, 4.69) is 28.6 Å². The summed E-state index contributed by atoms with van der Waals surface area (Å²) in [6, 6.07) is 8.20. The van der Waals surface area contributed by atoms with Crippen molar-refractivity contribution in [2.75, 3.05) is 7.11 Å². The first-order chi connectivity index (χ1) is 9.72. The molecule has 104 valence electrons. The third kappa shape index (κ3) is 2.01. The quantitative estimate of drug-likeness (QED) is 0.788. The van der Waals surface area contributed by atoms with Gasteiger partial charge in [-0.25, -0.2) is 4.98 Å². The number of hydrogen-bond donors (Lipinski definition) is 0. The molecule has 0 bridgehead atoms. The molecule has 4 heteroatoms. The number of aryl methyl sites for hydroxylation is 1. The highest BCUT2D eigenvalue weighted by molar-refractivity contribution is 5.78.